The van der Waals surface area contributed by atoms with Crippen molar-refractivity contribution in [1.82, 2.24) is 14.8 Å². The molecule has 4 heterocycles. The van der Waals surface area contributed by atoms with E-state index in [4.69, 9.17) is 9.47 Å². The largest absolute Gasteiger partial charge is 0.459 e. The van der Waals surface area contributed by atoms with E-state index in [1.54, 1.807) is 27.7 Å². The quantitative estimate of drug-likeness (QED) is 0.371. The maximum absolute atomic E-state index is 15.2. The number of thioether (sulfide) groups is 1. The minimum absolute atomic E-state index is 0.0519. The number of esters is 2. The Balaban J connectivity index is 1.64. The molecule has 3 aliphatic heterocycles. The first-order chi connectivity index (χ1) is 21.3. The van der Waals surface area contributed by atoms with Gasteiger partial charge in [-0.3, -0.25) is 33.8 Å². The van der Waals surface area contributed by atoms with Crippen molar-refractivity contribution >= 4 is 57.2 Å². The van der Waals surface area contributed by atoms with Crippen molar-refractivity contribution < 1.29 is 33.4 Å². The predicted octanol–water partition coefficient (Wildman–Crippen LogP) is 3.98. The highest BCUT2D eigenvalue weighted by Gasteiger charge is 2.76. The number of benzene rings is 2. The first-order valence-corrected chi connectivity index (χ1v) is 15.8. The van der Waals surface area contributed by atoms with Crippen molar-refractivity contribution in [2.24, 2.45) is 11.8 Å². The molecule has 236 valence electrons. The zero-order valence-corrected chi connectivity index (χ0v) is 26.8. The Morgan fingerprint density at radius 3 is 2.36 bits per heavy atom. The van der Waals surface area contributed by atoms with Crippen LogP contribution in [-0.2, 0) is 38.9 Å². The number of amides is 2. The summed E-state index contributed by atoms with van der Waals surface area (Å²) in [7, 11) is 1.35. The third-order valence-corrected chi connectivity index (χ3v) is 10.6. The molecule has 2 aromatic carbocycles. The van der Waals surface area contributed by atoms with Crippen LogP contribution in [0, 0.1) is 11.8 Å². The molecule has 0 bridgehead atoms. The molecule has 6 rings (SSSR count). The van der Waals surface area contributed by atoms with Crippen LogP contribution < -0.4 is 5.32 Å². The predicted molar refractivity (Wildman–Crippen MR) is 168 cm³/mol. The molecule has 11 nitrogen and oxygen atoms in total. The molecule has 0 saturated carbocycles. The summed E-state index contributed by atoms with van der Waals surface area (Å²) in [5.41, 5.74) is 0.0396. The number of anilines is 1. The van der Waals surface area contributed by atoms with Gasteiger partial charge in [-0.2, -0.15) is 0 Å². The number of carbonyl (C=O) groups is 5. The van der Waals surface area contributed by atoms with E-state index in [1.165, 1.54) is 18.9 Å². The molecular formula is C33H36N4O7S. The molecule has 0 radical (unpaired) electrons. The number of aromatic nitrogens is 1. The summed E-state index contributed by atoms with van der Waals surface area (Å²) in [6, 6.07) is 15.4. The Morgan fingerprint density at radius 1 is 0.978 bits per heavy atom. The standard InChI is InChI=1S/C33H36N4O7S/c1-18(2)26(39)44-32(17-43-20(5)38)29(41)37-28-31(22-12-8-10-14-25(22)35-28,23-15-34-24-13-9-7-11-21(23)24)16-33(37,30(42)36(32)6)45-27(40)19(3)4/h7-15,18-19,28,34-35H,16-17H2,1-6H3/t28-,31-,32+,33+/m1/s1. The van der Waals surface area contributed by atoms with Gasteiger partial charge in [0.25, 0.3) is 11.8 Å². The number of nitrogens with zero attached hydrogens (tertiary/aromatic N) is 2. The average molecular weight is 633 g/mol. The number of hydrogen-bond donors (Lipinski definition) is 2. The fraction of sp³-hybridized carbons (Fsp3) is 0.424. The van der Waals surface area contributed by atoms with Gasteiger partial charge in [0.05, 0.1) is 11.3 Å². The summed E-state index contributed by atoms with van der Waals surface area (Å²) in [6.07, 6.45) is 1.07. The van der Waals surface area contributed by atoms with Crippen LogP contribution in [0.5, 0.6) is 0 Å². The third-order valence-electron chi connectivity index (χ3n) is 9.09. The van der Waals surface area contributed by atoms with E-state index in [0.29, 0.717) is 0 Å². The molecule has 3 aromatic rings. The molecule has 2 N–H and O–H groups in total. The molecule has 2 amide bonds. The maximum atomic E-state index is 15.2. The Labute approximate surface area is 265 Å². The Bertz CT molecular complexity index is 1750. The molecule has 12 heteroatoms. The topological polar surface area (TPSA) is 138 Å². The molecule has 45 heavy (non-hydrogen) atoms. The van der Waals surface area contributed by atoms with Gasteiger partial charge in [0.2, 0.25) is 0 Å². The van der Waals surface area contributed by atoms with E-state index >= 15 is 4.79 Å². The molecule has 2 fully saturated rings. The summed E-state index contributed by atoms with van der Waals surface area (Å²) >= 11 is 0.822. The number of aromatic amines is 1. The van der Waals surface area contributed by atoms with Crippen LogP contribution in [0.3, 0.4) is 0 Å². The molecule has 3 aliphatic rings. The highest BCUT2D eigenvalue weighted by atomic mass is 32.2. The second-order valence-electron chi connectivity index (χ2n) is 12.5. The molecule has 0 spiro atoms. The van der Waals surface area contributed by atoms with Crippen LogP contribution in [0.4, 0.5) is 5.69 Å². The van der Waals surface area contributed by atoms with Gasteiger partial charge in [-0.05, 0) is 35.0 Å². The number of H-pyrrole nitrogens is 1. The number of likely N-dealkylation sites (N-methyl/N-ethyl adjacent to an activating group) is 1. The highest BCUT2D eigenvalue weighted by Crippen LogP contribution is 2.64. The van der Waals surface area contributed by atoms with Gasteiger partial charge in [-0.15, -0.1) is 0 Å². The van der Waals surface area contributed by atoms with E-state index in [1.807, 2.05) is 54.7 Å². The SMILES string of the molecule is CC(=O)OC[C@]1(OC(=O)C(C)C)C(=O)N2[C@H]3Nc4ccccc4[C@@]3(c3c[nH]c4ccccc34)C[C@]2(SC(=O)C(C)C)C(=O)N1C. The van der Waals surface area contributed by atoms with Gasteiger partial charge >= 0.3 is 17.7 Å². The van der Waals surface area contributed by atoms with Crippen LogP contribution >= 0.6 is 11.8 Å². The lowest BCUT2D eigenvalue weighted by Gasteiger charge is -2.52. The average Bonchev–Trinajstić information content (AvgIpc) is 3.65. The molecule has 2 saturated heterocycles. The van der Waals surface area contributed by atoms with E-state index in [0.717, 1.165) is 44.4 Å². The van der Waals surface area contributed by atoms with Gasteiger partial charge in [0.1, 0.15) is 6.17 Å². The number of piperazine rings is 1. The van der Waals surface area contributed by atoms with E-state index in [2.05, 4.69) is 10.3 Å². The van der Waals surface area contributed by atoms with Crippen LogP contribution in [0.15, 0.2) is 54.7 Å². The number of fused-ring (bicyclic) bond motifs is 6. The summed E-state index contributed by atoms with van der Waals surface area (Å²) < 4.78 is 11.2. The van der Waals surface area contributed by atoms with Crippen LogP contribution in [0.1, 0.15) is 52.2 Å². The highest BCUT2D eigenvalue weighted by molar-refractivity contribution is 8.15. The fourth-order valence-corrected chi connectivity index (χ4v) is 8.19. The van der Waals surface area contributed by atoms with Crippen molar-refractivity contribution in [3.05, 3.63) is 65.9 Å². The first kappa shape index (κ1) is 30.7. The zero-order chi connectivity index (χ0) is 32.5. The number of rotatable bonds is 7. The lowest BCUT2D eigenvalue weighted by molar-refractivity contribution is -0.223. The lowest BCUT2D eigenvalue weighted by Crippen LogP contribution is -2.77. The Morgan fingerprint density at radius 2 is 1.67 bits per heavy atom. The molecule has 0 unspecified atom stereocenters. The van der Waals surface area contributed by atoms with Crippen LogP contribution in [-0.4, -0.2) is 74.1 Å². The van der Waals surface area contributed by atoms with Gasteiger partial charge in [-0.1, -0.05) is 64.1 Å². The van der Waals surface area contributed by atoms with Crippen molar-refractivity contribution in [3.63, 3.8) is 0 Å². The first-order valence-electron chi connectivity index (χ1n) is 14.9. The van der Waals surface area contributed by atoms with Crippen molar-refractivity contribution in [2.75, 3.05) is 19.0 Å². The van der Waals surface area contributed by atoms with Crippen molar-refractivity contribution in [1.29, 1.82) is 0 Å². The van der Waals surface area contributed by atoms with E-state index < -0.39 is 64.4 Å². The molecule has 1 aromatic heterocycles. The van der Waals surface area contributed by atoms with Gasteiger partial charge in [0.15, 0.2) is 16.6 Å². The minimum atomic E-state index is -2.30. The smallest absolute Gasteiger partial charge is 0.311 e. The Hall–Kier alpha value is -4.32. The normalized spacial score (nSPS) is 27.0. The number of para-hydroxylation sites is 2. The zero-order valence-electron chi connectivity index (χ0n) is 26.0. The number of hydrogen-bond acceptors (Lipinski definition) is 9. The van der Waals surface area contributed by atoms with E-state index in [9.17, 15) is 19.2 Å². The van der Waals surface area contributed by atoms with Crippen LogP contribution in [0.2, 0.25) is 0 Å². The second kappa shape index (κ2) is 10.6. The fourth-order valence-electron chi connectivity index (χ4n) is 6.81. The van der Waals surface area contributed by atoms with Crippen molar-refractivity contribution in [2.45, 2.75) is 63.2 Å². The van der Waals surface area contributed by atoms with Gasteiger partial charge in [-0.25, -0.2) is 0 Å². The van der Waals surface area contributed by atoms with Gasteiger partial charge < -0.3 is 19.8 Å². The van der Waals surface area contributed by atoms with E-state index in [-0.39, 0.29) is 11.5 Å². The lowest BCUT2D eigenvalue weighted by atomic mass is 9.72. The monoisotopic (exact) mass is 632 g/mol. The van der Waals surface area contributed by atoms with Gasteiger partial charge in [0, 0.05) is 49.1 Å². The van der Waals surface area contributed by atoms with Crippen LogP contribution in [0.25, 0.3) is 10.9 Å². The summed E-state index contributed by atoms with van der Waals surface area (Å²) in [6.45, 7) is 7.14. The summed E-state index contributed by atoms with van der Waals surface area (Å²) in [4.78, 5) is 73.0. The second-order valence-corrected chi connectivity index (χ2v) is 13.8. The minimum Gasteiger partial charge on any atom is -0.459 e. The molecule has 0 aliphatic carbocycles. The third kappa shape index (κ3) is 4.28. The molecular weight excluding hydrogens is 596 g/mol. The number of nitrogens with one attached hydrogen (secondary N) is 2. The Kier molecular flexibility index (Phi) is 7.26. The summed E-state index contributed by atoms with van der Waals surface area (Å²) in [5.74, 6) is -3.95. The molecule has 4 atom stereocenters. The number of carbonyl (C=O) groups excluding carboxylic acids is 5. The summed E-state index contributed by atoms with van der Waals surface area (Å²) in [5, 5.41) is 4.14. The maximum Gasteiger partial charge on any atom is 0.311 e. The number of ether oxygens (including phenoxy) is 2. The van der Waals surface area contributed by atoms with Crippen molar-refractivity contribution in [3.8, 4) is 0 Å².